The van der Waals surface area contributed by atoms with E-state index in [0.29, 0.717) is 17.2 Å². The molecule has 0 unspecified atom stereocenters. The molecule has 25 heavy (non-hydrogen) atoms. The van der Waals surface area contributed by atoms with Crippen LogP contribution in [0.4, 0.5) is 0 Å². The normalized spacial score (nSPS) is 17.8. The Labute approximate surface area is 153 Å². The Morgan fingerprint density at radius 2 is 1.60 bits per heavy atom. The van der Waals surface area contributed by atoms with Gasteiger partial charge >= 0.3 is 0 Å². The van der Waals surface area contributed by atoms with Gasteiger partial charge < -0.3 is 4.90 Å². The van der Waals surface area contributed by atoms with Crippen molar-refractivity contribution >= 4 is 23.5 Å². The summed E-state index contributed by atoms with van der Waals surface area (Å²) in [6.07, 6.45) is 1.55. The van der Waals surface area contributed by atoms with Crippen molar-refractivity contribution in [2.24, 2.45) is 0 Å². The molecule has 1 saturated heterocycles. The SMILES string of the molecule is O=C(CCC(=O)N1CCS[C@H](c2ccccc2)CC1)c1ccccc1. The highest BCUT2D eigenvalue weighted by molar-refractivity contribution is 7.99. The second-order valence-corrected chi connectivity index (χ2v) is 7.54. The van der Waals surface area contributed by atoms with Crippen molar-refractivity contribution < 1.29 is 9.59 Å². The molecule has 1 fully saturated rings. The minimum atomic E-state index is 0.0420. The Morgan fingerprint density at radius 3 is 2.32 bits per heavy atom. The molecule has 0 aromatic heterocycles. The molecule has 0 spiro atoms. The van der Waals surface area contributed by atoms with Gasteiger partial charge in [0.15, 0.2) is 5.78 Å². The summed E-state index contributed by atoms with van der Waals surface area (Å²) >= 11 is 1.92. The molecule has 3 nitrogen and oxygen atoms in total. The van der Waals surface area contributed by atoms with Crippen molar-refractivity contribution in [1.29, 1.82) is 0 Å². The summed E-state index contributed by atoms with van der Waals surface area (Å²) in [5.74, 6) is 1.08. The highest BCUT2D eigenvalue weighted by atomic mass is 32.2. The van der Waals surface area contributed by atoms with Crippen molar-refractivity contribution in [3.63, 3.8) is 0 Å². The molecule has 0 aliphatic carbocycles. The predicted octanol–water partition coefficient (Wildman–Crippen LogP) is 4.36. The average Bonchev–Trinajstić information content (AvgIpc) is 2.93. The van der Waals surface area contributed by atoms with E-state index in [1.807, 2.05) is 40.9 Å². The number of hydrogen-bond acceptors (Lipinski definition) is 3. The van der Waals surface area contributed by atoms with E-state index in [9.17, 15) is 9.59 Å². The first kappa shape index (κ1) is 17.7. The van der Waals surface area contributed by atoms with Crippen molar-refractivity contribution in [1.82, 2.24) is 4.90 Å². The zero-order valence-corrected chi connectivity index (χ0v) is 15.1. The van der Waals surface area contributed by atoms with Crippen LogP contribution in [0.3, 0.4) is 0 Å². The van der Waals surface area contributed by atoms with Crippen molar-refractivity contribution in [2.75, 3.05) is 18.8 Å². The second-order valence-electron chi connectivity index (χ2n) is 6.23. The molecule has 0 N–H and O–H groups in total. The third-order valence-corrected chi connectivity index (χ3v) is 5.86. The number of rotatable bonds is 5. The number of hydrogen-bond donors (Lipinski definition) is 0. The summed E-state index contributed by atoms with van der Waals surface area (Å²) in [4.78, 5) is 26.6. The Hall–Kier alpha value is -2.07. The van der Waals surface area contributed by atoms with Crippen LogP contribution < -0.4 is 0 Å². The van der Waals surface area contributed by atoms with Gasteiger partial charge in [0.1, 0.15) is 0 Å². The van der Waals surface area contributed by atoms with Gasteiger partial charge in [-0.25, -0.2) is 0 Å². The van der Waals surface area contributed by atoms with Crippen LogP contribution in [0.2, 0.25) is 0 Å². The van der Waals surface area contributed by atoms with Crippen LogP contribution in [0.25, 0.3) is 0 Å². The number of thioether (sulfide) groups is 1. The molecule has 130 valence electrons. The van der Waals surface area contributed by atoms with Gasteiger partial charge in [-0.05, 0) is 12.0 Å². The smallest absolute Gasteiger partial charge is 0.223 e. The van der Waals surface area contributed by atoms with E-state index in [2.05, 4.69) is 24.3 Å². The van der Waals surface area contributed by atoms with Gasteiger partial charge in [0.2, 0.25) is 5.91 Å². The van der Waals surface area contributed by atoms with Crippen molar-refractivity contribution in [3.05, 3.63) is 71.8 Å². The van der Waals surface area contributed by atoms with Crippen LogP contribution in [0, 0.1) is 0 Å². The van der Waals surface area contributed by atoms with E-state index < -0.39 is 0 Å². The third-order valence-electron chi connectivity index (χ3n) is 4.53. The van der Waals surface area contributed by atoms with Crippen LogP contribution in [0.15, 0.2) is 60.7 Å². The fourth-order valence-electron chi connectivity index (χ4n) is 3.10. The maximum Gasteiger partial charge on any atom is 0.223 e. The molecule has 1 atom stereocenters. The minimum absolute atomic E-state index is 0.0420. The lowest BCUT2D eigenvalue weighted by Gasteiger charge is -2.20. The lowest BCUT2D eigenvalue weighted by molar-refractivity contribution is -0.130. The van der Waals surface area contributed by atoms with Crippen LogP contribution in [0.5, 0.6) is 0 Å². The van der Waals surface area contributed by atoms with E-state index >= 15 is 0 Å². The summed E-state index contributed by atoms with van der Waals surface area (Å²) in [6, 6.07) is 19.7. The number of carbonyl (C=O) groups is 2. The van der Waals surface area contributed by atoms with E-state index in [4.69, 9.17) is 0 Å². The Bertz CT molecular complexity index is 702. The molecular weight excluding hydrogens is 330 g/mol. The largest absolute Gasteiger partial charge is 0.342 e. The Morgan fingerprint density at radius 1 is 0.920 bits per heavy atom. The summed E-state index contributed by atoms with van der Waals surface area (Å²) in [7, 11) is 0. The lowest BCUT2D eigenvalue weighted by Crippen LogP contribution is -2.33. The van der Waals surface area contributed by atoms with Crippen LogP contribution >= 0.6 is 11.8 Å². The van der Waals surface area contributed by atoms with Crippen LogP contribution in [-0.2, 0) is 4.79 Å². The minimum Gasteiger partial charge on any atom is -0.342 e. The zero-order chi connectivity index (χ0) is 17.5. The summed E-state index contributed by atoms with van der Waals surface area (Å²) in [5.41, 5.74) is 2.02. The number of ketones is 1. The fraction of sp³-hybridized carbons (Fsp3) is 0.333. The molecule has 0 bridgehead atoms. The maximum atomic E-state index is 12.5. The standard InChI is InChI=1S/C21H23NO2S/c23-19(17-7-3-1-4-8-17)11-12-21(24)22-14-13-20(25-16-15-22)18-9-5-2-6-10-18/h1-10,20H,11-16H2/t20-/m0/s1. The summed E-state index contributed by atoms with van der Waals surface area (Å²) in [5, 5.41) is 0.449. The van der Waals surface area contributed by atoms with Crippen LogP contribution in [0.1, 0.15) is 40.4 Å². The number of Topliss-reactive ketones (excluding diaryl/α,β-unsaturated/α-hetero) is 1. The van der Waals surface area contributed by atoms with Crippen LogP contribution in [-0.4, -0.2) is 35.4 Å². The highest BCUT2D eigenvalue weighted by Gasteiger charge is 2.22. The van der Waals surface area contributed by atoms with E-state index in [-0.39, 0.29) is 18.1 Å². The number of amides is 1. The number of carbonyl (C=O) groups excluding carboxylic acids is 2. The molecule has 2 aromatic carbocycles. The molecule has 1 aliphatic rings. The maximum absolute atomic E-state index is 12.5. The molecule has 2 aromatic rings. The Balaban J connectivity index is 1.50. The molecule has 0 saturated carbocycles. The molecule has 1 amide bonds. The molecule has 1 heterocycles. The third kappa shape index (κ3) is 4.95. The van der Waals surface area contributed by atoms with E-state index in [1.165, 1.54) is 5.56 Å². The van der Waals surface area contributed by atoms with Crippen molar-refractivity contribution in [3.8, 4) is 0 Å². The summed E-state index contributed by atoms with van der Waals surface area (Å²) < 4.78 is 0. The van der Waals surface area contributed by atoms with Gasteiger partial charge in [0.25, 0.3) is 0 Å². The first-order valence-electron chi connectivity index (χ1n) is 8.76. The van der Waals surface area contributed by atoms with Gasteiger partial charge in [0, 0.05) is 42.5 Å². The molecule has 1 aliphatic heterocycles. The fourth-order valence-corrected chi connectivity index (χ4v) is 4.33. The first-order chi connectivity index (χ1) is 12.2. The monoisotopic (exact) mass is 353 g/mol. The van der Waals surface area contributed by atoms with Gasteiger partial charge in [-0.3, -0.25) is 9.59 Å². The highest BCUT2D eigenvalue weighted by Crippen LogP contribution is 2.34. The lowest BCUT2D eigenvalue weighted by atomic mass is 10.1. The van der Waals surface area contributed by atoms with E-state index in [1.54, 1.807) is 12.1 Å². The average molecular weight is 353 g/mol. The molecule has 4 heteroatoms. The second kappa shape index (κ2) is 8.86. The van der Waals surface area contributed by atoms with Crippen molar-refractivity contribution in [2.45, 2.75) is 24.5 Å². The Kier molecular flexibility index (Phi) is 6.29. The predicted molar refractivity (Wildman–Crippen MR) is 103 cm³/mol. The van der Waals surface area contributed by atoms with Gasteiger partial charge in [-0.1, -0.05) is 60.7 Å². The molecule has 0 radical (unpaired) electrons. The van der Waals surface area contributed by atoms with Gasteiger partial charge in [-0.2, -0.15) is 11.8 Å². The van der Waals surface area contributed by atoms with E-state index in [0.717, 1.165) is 25.3 Å². The zero-order valence-electron chi connectivity index (χ0n) is 14.3. The number of benzene rings is 2. The van der Waals surface area contributed by atoms with Gasteiger partial charge in [0.05, 0.1) is 0 Å². The van der Waals surface area contributed by atoms with Gasteiger partial charge in [-0.15, -0.1) is 0 Å². The quantitative estimate of drug-likeness (QED) is 0.750. The topological polar surface area (TPSA) is 37.4 Å². The molecular formula is C21H23NO2S. The summed E-state index contributed by atoms with van der Waals surface area (Å²) in [6.45, 7) is 1.54. The first-order valence-corrected chi connectivity index (χ1v) is 9.81. The molecule has 3 rings (SSSR count). The number of nitrogens with zero attached hydrogens (tertiary/aromatic N) is 1.